The first-order chi connectivity index (χ1) is 9.33. The van der Waals surface area contributed by atoms with Gasteiger partial charge in [0.05, 0.1) is 5.69 Å². The molecule has 1 saturated heterocycles. The average molecular weight is 255 g/mol. The van der Waals surface area contributed by atoms with E-state index in [1.54, 1.807) is 0 Å². The normalized spacial score (nSPS) is 19.5. The van der Waals surface area contributed by atoms with Gasteiger partial charge >= 0.3 is 0 Å². The van der Waals surface area contributed by atoms with Crippen LogP contribution in [0.4, 0.5) is 0 Å². The number of hydrogen-bond donors (Lipinski definition) is 1. The summed E-state index contributed by atoms with van der Waals surface area (Å²) in [5.74, 6) is 0.719. The minimum absolute atomic E-state index is 0.719. The van der Waals surface area contributed by atoms with Crippen molar-refractivity contribution in [3.63, 3.8) is 0 Å². The monoisotopic (exact) mass is 255 g/mol. The molecule has 100 valence electrons. The topological polar surface area (TPSA) is 29.9 Å². The quantitative estimate of drug-likeness (QED) is 0.914. The maximum atomic E-state index is 4.67. The molecule has 2 aromatic rings. The second-order valence-corrected chi connectivity index (χ2v) is 5.43. The predicted molar refractivity (Wildman–Crippen MR) is 78.0 cm³/mol. The highest BCUT2D eigenvalue weighted by atomic mass is 15.3. The van der Waals surface area contributed by atoms with Crippen LogP contribution in [0.1, 0.15) is 18.5 Å². The molecule has 0 spiro atoms. The summed E-state index contributed by atoms with van der Waals surface area (Å²) < 4.78 is 2.12. The fourth-order valence-corrected chi connectivity index (χ4v) is 2.86. The third kappa shape index (κ3) is 2.87. The number of piperidine rings is 1. The van der Waals surface area contributed by atoms with Crippen LogP contribution in [0.5, 0.6) is 0 Å². The van der Waals surface area contributed by atoms with E-state index in [9.17, 15) is 0 Å². The van der Waals surface area contributed by atoms with E-state index in [0.717, 1.165) is 24.7 Å². The zero-order valence-electron chi connectivity index (χ0n) is 11.5. The lowest BCUT2D eigenvalue weighted by atomic mass is 10.00. The molecule has 19 heavy (non-hydrogen) atoms. The van der Waals surface area contributed by atoms with E-state index in [4.69, 9.17) is 0 Å². The molecule has 1 aromatic carbocycles. The van der Waals surface area contributed by atoms with E-state index in [0.29, 0.717) is 0 Å². The van der Waals surface area contributed by atoms with Crippen LogP contribution in [-0.4, -0.2) is 22.9 Å². The largest absolute Gasteiger partial charge is 0.316 e. The van der Waals surface area contributed by atoms with Gasteiger partial charge in [-0.25, -0.2) is 0 Å². The summed E-state index contributed by atoms with van der Waals surface area (Å²) in [6.07, 6.45) is 4.79. The van der Waals surface area contributed by atoms with Crippen LogP contribution < -0.4 is 5.32 Å². The molecule has 0 saturated carbocycles. The van der Waals surface area contributed by atoms with Crippen molar-refractivity contribution in [2.45, 2.75) is 26.3 Å². The van der Waals surface area contributed by atoms with Crippen LogP contribution in [0.3, 0.4) is 0 Å². The highest BCUT2D eigenvalue weighted by Gasteiger charge is 2.15. The first-order valence-electron chi connectivity index (χ1n) is 7.13. The van der Waals surface area contributed by atoms with Crippen molar-refractivity contribution in [3.8, 4) is 11.1 Å². The second-order valence-electron chi connectivity index (χ2n) is 5.43. The third-order valence-corrected chi connectivity index (χ3v) is 3.88. The van der Waals surface area contributed by atoms with Gasteiger partial charge in [-0.2, -0.15) is 5.10 Å². The first kappa shape index (κ1) is 12.4. The summed E-state index contributed by atoms with van der Waals surface area (Å²) in [7, 11) is 0. The minimum atomic E-state index is 0.719. The van der Waals surface area contributed by atoms with E-state index in [1.165, 1.54) is 30.5 Å². The Bertz CT molecular complexity index is 524. The van der Waals surface area contributed by atoms with Crippen LogP contribution in [0.25, 0.3) is 11.1 Å². The number of aryl methyl sites for hydroxylation is 1. The highest BCUT2D eigenvalue weighted by molar-refractivity contribution is 5.64. The average Bonchev–Trinajstić information content (AvgIpc) is 2.82. The summed E-state index contributed by atoms with van der Waals surface area (Å²) >= 11 is 0. The van der Waals surface area contributed by atoms with E-state index >= 15 is 0 Å². The number of hydrogen-bond acceptors (Lipinski definition) is 2. The Morgan fingerprint density at radius 3 is 2.89 bits per heavy atom. The smallest absolute Gasteiger partial charge is 0.0672 e. The molecular formula is C16H21N3. The Labute approximate surface area is 114 Å². The van der Waals surface area contributed by atoms with E-state index in [1.807, 2.05) is 0 Å². The Morgan fingerprint density at radius 1 is 1.32 bits per heavy atom. The fourth-order valence-electron chi connectivity index (χ4n) is 2.86. The van der Waals surface area contributed by atoms with Crippen molar-refractivity contribution in [2.75, 3.05) is 13.1 Å². The lowest BCUT2D eigenvalue weighted by Crippen LogP contribution is -2.32. The number of nitrogens with zero attached hydrogens (tertiary/aromatic N) is 2. The summed E-state index contributed by atoms with van der Waals surface area (Å²) in [5, 5.41) is 8.14. The molecule has 1 aliphatic rings. The van der Waals surface area contributed by atoms with E-state index in [-0.39, 0.29) is 0 Å². The van der Waals surface area contributed by atoms with Gasteiger partial charge in [-0.05, 0) is 44.3 Å². The standard InChI is InChI=1S/C16H21N3/c1-13-16(15-7-3-2-4-8-15)12-19(18-13)11-14-6-5-9-17-10-14/h2-4,7-8,12,14,17H,5-6,9-11H2,1H3. The molecule has 0 amide bonds. The maximum Gasteiger partial charge on any atom is 0.0672 e. The SMILES string of the molecule is Cc1nn(CC2CCCNC2)cc1-c1ccccc1. The van der Waals surface area contributed by atoms with Gasteiger partial charge in [0.2, 0.25) is 0 Å². The molecular weight excluding hydrogens is 234 g/mol. The number of nitrogens with one attached hydrogen (secondary N) is 1. The molecule has 0 bridgehead atoms. The molecule has 3 rings (SSSR count). The molecule has 0 aliphatic carbocycles. The van der Waals surface area contributed by atoms with Gasteiger partial charge in [0, 0.05) is 18.3 Å². The molecule has 1 aliphatic heterocycles. The number of aromatic nitrogens is 2. The molecule has 1 atom stereocenters. The fraction of sp³-hybridized carbons (Fsp3) is 0.438. The summed E-state index contributed by atoms with van der Waals surface area (Å²) in [6, 6.07) is 10.5. The lowest BCUT2D eigenvalue weighted by Gasteiger charge is -2.22. The van der Waals surface area contributed by atoms with Gasteiger partial charge in [0.1, 0.15) is 0 Å². The van der Waals surface area contributed by atoms with Gasteiger partial charge in [-0.15, -0.1) is 0 Å². The van der Waals surface area contributed by atoms with Crippen LogP contribution in [0.2, 0.25) is 0 Å². The summed E-state index contributed by atoms with van der Waals surface area (Å²) in [5.41, 5.74) is 3.63. The van der Waals surface area contributed by atoms with Crippen molar-refractivity contribution in [1.29, 1.82) is 0 Å². The van der Waals surface area contributed by atoms with Crippen LogP contribution in [0.15, 0.2) is 36.5 Å². The van der Waals surface area contributed by atoms with Gasteiger partial charge in [-0.3, -0.25) is 4.68 Å². The third-order valence-electron chi connectivity index (χ3n) is 3.88. The zero-order chi connectivity index (χ0) is 13.1. The van der Waals surface area contributed by atoms with Crippen molar-refractivity contribution in [2.24, 2.45) is 5.92 Å². The van der Waals surface area contributed by atoms with Crippen LogP contribution >= 0.6 is 0 Å². The van der Waals surface area contributed by atoms with Crippen molar-refractivity contribution in [3.05, 3.63) is 42.2 Å². The van der Waals surface area contributed by atoms with Gasteiger partial charge in [0.25, 0.3) is 0 Å². The molecule has 1 N–H and O–H groups in total. The molecule has 0 radical (unpaired) electrons. The second kappa shape index (κ2) is 5.57. The van der Waals surface area contributed by atoms with Crippen molar-refractivity contribution < 1.29 is 0 Å². The van der Waals surface area contributed by atoms with Crippen LogP contribution in [-0.2, 0) is 6.54 Å². The Morgan fingerprint density at radius 2 is 2.16 bits per heavy atom. The summed E-state index contributed by atoms with van der Waals surface area (Å²) in [6.45, 7) is 5.42. The van der Waals surface area contributed by atoms with Crippen LogP contribution in [0, 0.1) is 12.8 Å². The number of rotatable bonds is 3. The molecule has 1 unspecified atom stereocenters. The van der Waals surface area contributed by atoms with Gasteiger partial charge < -0.3 is 5.32 Å². The number of benzene rings is 1. The Hall–Kier alpha value is -1.61. The zero-order valence-corrected chi connectivity index (χ0v) is 11.5. The maximum absolute atomic E-state index is 4.67. The van der Waals surface area contributed by atoms with Crippen molar-refractivity contribution >= 4 is 0 Å². The molecule has 3 heteroatoms. The first-order valence-corrected chi connectivity index (χ1v) is 7.13. The predicted octanol–water partition coefficient (Wildman–Crippen LogP) is 2.86. The van der Waals surface area contributed by atoms with Gasteiger partial charge in [0.15, 0.2) is 0 Å². The Balaban J connectivity index is 1.77. The molecule has 2 heterocycles. The molecule has 3 nitrogen and oxygen atoms in total. The van der Waals surface area contributed by atoms with E-state index < -0.39 is 0 Å². The highest BCUT2D eigenvalue weighted by Crippen LogP contribution is 2.23. The molecule has 1 fully saturated rings. The molecule has 1 aromatic heterocycles. The summed E-state index contributed by atoms with van der Waals surface area (Å²) in [4.78, 5) is 0. The lowest BCUT2D eigenvalue weighted by molar-refractivity contribution is 0.325. The van der Waals surface area contributed by atoms with Gasteiger partial charge in [-0.1, -0.05) is 30.3 Å². The van der Waals surface area contributed by atoms with E-state index in [2.05, 4.69) is 58.5 Å². The van der Waals surface area contributed by atoms with Crippen molar-refractivity contribution in [1.82, 2.24) is 15.1 Å². The minimum Gasteiger partial charge on any atom is -0.316 e. The Kier molecular flexibility index (Phi) is 3.65.